The van der Waals surface area contributed by atoms with Gasteiger partial charge in [-0.2, -0.15) is 0 Å². The summed E-state index contributed by atoms with van der Waals surface area (Å²) < 4.78 is 0. The van der Waals surface area contributed by atoms with Crippen molar-refractivity contribution in [1.82, 2.24) is 4.90 Å². The number of para-hydroxylation sites is 2. The van der Waals surface area contributed by atoms with E-state index in [9.17, 15) is 15.0 Å². The Bertz CT molecular complexity index is 804. The van der Waals surface area contributed by atoms with Crippen LogP contribution in [0.5, 0.6) is 0 Å². The van der Waals surface area contributed by atoms with Gasteiger partial charge in [-0.1, -0.05) is 44.2 Å². The van der Waals surface area contributed by atoms with Crippen LogP contribution in [0.1, 0.15) is 70.6 Å². The summed E-state index contributed by atoms with van der Waals surface area (Å²) in [6.07, 6.45) is 12.7. The number of piperidine rings is 1. The first-order valence-electron chi connectivity index (χ1n) is 11.8. The van der Waals surface area contributed by atoms with Gasteiger partial charge in [-0.15, -0.1) is 0 Å². The lowest BCUT2D eigenvalue weighted by molar-refractivity contribution is -0.129. The van der Waals surface area contributed by atoms with E-state index >= 15 is 0 Å². The Kier molecular flexibility index (Phi) is 5.54. The molecule has 1 saturated carbocycles. The quantitative estimate of drug-likeness (QED) is 0.783. The number of aliphatic hydroxyl groups is 1. The number of anilines is 1. The maximum Gasteiger partial charge on any atom is 0.355 e. The van der Waals surface area contributed by atoms with Gasteiger partial charge in [-0.25, -0.2) is 9.79 Å². The first kappa shape index (κ1) is 20.0. The zero-order valence-corrected chi connectivity index (χ0v) is 17.6. The molecular formula is C24H33N3O3. The second-order valence-electron chi connectivity index (χ2n) is 9.53. The number of aliphatic carboxylic acids is 1. The highest BCUT2D eigenvalue weighted by Gasteiger charge is 2.47. The molecule has 1 aliphatic carbocycles. The summed E-state index contributed by atoms with van der Waals surface area (Å²) in [5.74, 6) is -1.14. The van der Waals surface area contributed by atoms with E-state index in [-0.39, 0.29) is 11.8 Å². The predicted molar refractivity (Wildman–Crippen MR) is 117 cm³/mol. The Balaban J connectivity index is 1.39. The van der Waals surface area contributed by atoms with Crippen molar-refractivity contribution in [2.45, 2.75) is 101 Å². The Morgan fingerprint density at radius 2 is 1.50 bits per heavy atom. The number of hydrogen-bond donors (Lipinski definition) is 2. The van der Waals surface area contributed by atoms with Crippen molar-refractivity contribution in [3.05, 3.63) is 24.3 Å². The summed E-state index contributed by atoms with van der Waals surface area (Å²) in [4.78, 5) is 20.8. The number of aliphatic hydroxyl groups excluding tert-OH is 1. The van der Waals surface area contributed by atoms with E-state index in [0.717, 1.165) is 18.5 Å². The van der Waals surface area contributed by atoms with Crippen LogP contribution in [0, 0.1) is 0 Å². The fourth-order valence-electron chi connectivity index (χ4n) is 6.52. The van der Waals surface area contributed by atoms with Gasteiger partial charge in [0, 0.05) is 24.2 Å². The summed E-state index contributed by atoms with van der Waals surface area (Å²) in [6.45, 7) is 0. The van der Waals surface area contributed by atoms with Crippen LogP contribution >= 0.6 is 0 Å². The average molecular weight is 412 g/mol. The average Bonchev–Trinajstić information content (AvgIpc) is 2.96. The zero-order chi connectivity index (χ0) is 20.7. The van der Waals surface area contributed by atoms with Crippen LogP contribution in [0.15, 0.2) is 29.3 Å². The second-order valence-corrected chi connectivity index (χ2v) is 9.53. The molecule has 162 valence electrons. The van der Waals surface area contributed by atoms with E-state index in [1.165, 1.54) is 57.8 Å². The van der Waals surface area contributed by atoms with Gasteiger partial charge in [-0.3, -0.25) is 4.90 Å². The molecule has 4 aliphatic rings. The Morgan fingerprint density at radius 3 is 2.17 bits per heavy atom. The lowest BCUT2D eigenvalue weighted by Gasteiger charge is -2.49. The highest BCUT2D eigenvalue weighted by Crippen LogP contribution is 2.45. The van der Waals surface area contributed by atoms with Gasteiger partial charge >= 0.3 is 5.97 Å². The van der Waals surface area contributed by atoms with Gasteiger partial charge in [0.05, 0.1) is 11.4 Å². The van der Waals surface area contributed by atoms with Crippen molar-refractivity contribution < 1.29 is 15.0 Å². The molecule has 0 amide bonds. The minimum absolute atomic E-state index is 0.147. The molecule has 5 rings (SSSR count). The summed E-state index contributed by atoms with van der Waals surface area (Å²) in [5.41, 5.74) is 1.34. The summed E-state index contributed by atoms with van der Waals surface area (Å²) in [7, 11) is 0. The summed E-state index contributed by atoms with van der Waals surface area (Å²) in [5, 5.41) is 20.6. The van der Waals surface area contributed by atoms with Crippen molar-refractivity contribution in [3.8, 4) is 0 Å². The van der Waals surface area contributed by atoms with Crippen LogP contribution in [-0.2, 0) is 4.79 Å². The fourth-order valence-corrected chi connectivity index (χ4v) is 6.52. The van der Waals surface area contributed by atoms with E-state index < -0.39 is 12.2 Å². The molecule has 3 fully saturated rings. The number of fused-ring (bicyclic) bond motifs is 3. The number of rotatable bonds is 3. The lowest BCUT2D eigenvalue weighted by Crippen LogP contribution is -2.58. The standard InChI is InChI=1S/C24H33N3O3/c28-23-22(24(29)30)25-20-10-6-7-11-21(20)27(23)19-14-17-12-13-18(15-19)26(17)16-8-4-2-1-3-5-9-16/h6-7,10-11,16-19,23,28H,1-5,8-9,12-15H2,(H,29,30)/t17-,18+,19+,23?. The van der Waals surface area contributed by atoms with Gasteiger partial charge in [0.25, 0.3) is 0 Å². The van der Waals surface area contributed by atoms with Crippen LogP contribution < -0.4 is 4.90 Å². The second kappa shape index (κ2) is 8.31. The molecule has 6 nitrogen and oxygen atoms in total. The number of nitrogens with zero attached hydrogens (tertiary/aromatic N) is 3. The van der Waals surface area contributed by atoms with Crippen LogP contribution in [0.3, 0.4) is 0 Å². The third kappa shape index (κ3) is 3.54. The molecule has 2 N–H and O–H groups in total. The van der Waals surface area contributed by atoms with Crippen molar-refractivity contribution >= 4 is 23.1 Å². The molecule has 3 heterocycles. The molecule has 1 aromatic rings. The number of hydrogen-bond acceptors (Lipinski definition) is 5. The molecule has 0 aromatic heterocycles. The Labute approximate surface area is 178 Å². The van der Waals surface area contributed by atoms with Gasteiger partial charge in [0.15, 0.2) is 11.9 Å². The smallest absolute Gasteiger partial charge is 0.355 e. The Morgan fingerprint density at radius 1 is 0.867 bits per heavy atom. The molecular weight excluding hydrogens is 378 g/mol. The monoisotopic (exact) mass is 411 g/mol. The molecule has 30 heavy (non-hydrogen) atoms. The number of carboxylic acids is 1. The Hall–Kier alpha value is -1.92. The van der Waals surface area contributed by atoms with Crippen molar-refractivity contribution in [2.75, 3.05) is 4.90 Å². The van der Waals surface area contributed by atoms with Crippen molar-refractivity contribution in [1.29, 1.82) is 0 Å². The number of carboxylic acid groups (broad SMARTS) is 1. The first-order valence-corrected chi connectivity index (χ1v) is 11.8. The molecule has 0 spiro atoms. The molecule has 2 saturated heterocycles. The van der Waals surface area contributed by atoms with Crippen LogP contribution in [-0.4, -0.2) is 57.2 Å². The minimum atomic E-state index is -1.19. The topological polar surface area (TPSA) is 76.4 Å². The highest BCUT2D eigenvalue weighted by atomic mass is 16.4. The maximum atomic E-state index is 11.7. The number of benzene rings is 1. The first-order chi connectivity index (χ1) is 14.6. The third-order valence-corrected chi connectivity index (χ3v) is 7.78. The molecule has 6 heteroatoms. The van der Waals surface area contributed by atoms with E-state index in [4.69, 9.17) is 0 Å². The largest absolute Gasteiger partial charge is 0.477 e. The molecule has 4 atom stereocenters. The van der Waals surface area contributed by atoms with E-state index in [1.54, 1.807) is 0 Å². The van der Waals surface area contributed by atoms with Gasteiger partial charge in [0.2, 0.25) is 0 Å². The van der Waals surface area contributed by atoms with Crippen molar-refractivity contribution in [3.63, 3.8) is 0 Å². The SMILES string of the molecule is O=C(O)C1=Nc2ccccc2N([C@H]2C[C@H]3CC[C@@H](C2)N3C2CCCCCCC2)C1O. The van der Waals surface area contributed by atoms with E-state index in [0.29, 0.717) is 23.8 Å². The summed E-state index contributed by atoms with van der Waals surface area (Å²) >= 11 is 0. The zero-order valence-electron chi connectivity index (χ0n) is 17.6. The van der Waals surface area contributed by atoms with Gasteiger partial charge < -0.3 is 15.1 Å². The van der Waals surface area contributed by atoms with Crippen LogP contribution in [0.2, 0.25) is 0 Å². The van der Waals surface area contributed by atoms with Crippen molar-refractivity contribution in [2.24, 2.45) is 4.99 Å². The molecule has 2 bridgehead atoms. The molecule has 0 radical (unpaired) electrons. The highest BCUT2D eigenvalue weighted by molar-refractivity contribution is 6.39. The van der Waals surface area contributed by atoms with Gasteiger partial charge in [0.1, 0.15) is 0 Å². The molecule has 1 aromatic carbocycles. The molecule has 3 aliphatic heterocycles. The normalized spacial score (nSPS) is 32.8. The van der Waals surface area contributed by atoms with Crippen LogP contribution in [0.4, 0.5) is 11.4 Å². The van der Waals surface area contributed by atoms with E-state index in [1.807, 2.05) is 29.2 Å². The fraction of sp³-hybridized carbons (Fsp3) is 0.667. The molecule has 1 unspecified atom stereocenters. The minimum Gasteiger partial charge on any atom is -0.477 e. The number of aliphatic imine (C=N–C) groups is 1. The maximum absolute atomic E-state index is 11.7. The number of carbonyl (C=O) groups is 1. The lowest BCUT2D eigenvalue weighted by atomic mass is 9.88. The van der Waals surface area contributed by atoms with Gasteiger partial charge in [-0.05, 0) is 50.7 Å². The van der Waals surface area contributed by atoms with Crippen LogP contribution in [0.25, 0.3) is 0 Å². The van der Waals surface area contributed by atoms with E-state index in [2.05, 4.69) is 9.89 Å². The predicted octanol–water partition coefficient (Wildman–Crippen LogP) is 4.09. The summed E-state index contributed by atoms with van der Waals surface area (Å²) in [6, 6.07) is 9.57. The third-order valence-electron chi connectivity index (χ3n) is 7.78.